The standard InChI is InChI=1S/C12H10BrNO2/c13-10-2-3-11-9(6-10)5-8(7-14-11)1-4-12(15)16/h2-3,5-7H,1,4H2,(H,15,16). The van der Waals surface area contributed by atoms with Crippen LogP contribution < -0.4 is 0 Å². The predicted molar refractivity (Wildman–Crippen MR) is 65.4 cm³/mol. The van der Waals surface area contributed by atoms with Gasteiger partial charge in [-0.05, 0) is 36.2 Å². The van der Waals surface area contributed by atoms with Crippen LogP contribution in [0.2, 0.25) is 0 Å². The number of hydrogen-bond donors (Lipinski definition) is 1. The minimum absolute atomic E-state index is 0.140. The maximum Gasteiger partial charge on any atom is 0.303 e. The third kappa shape index (κ3) is 2.58. The van der Waals surface area contributed by atoms with Gasteiger partial charge in [0.05, 0.1) is 5.52 Å². The Labute approximate surface area is 101 Å². The third-order valence-electron chi connectivity index (χ3n) is 2.33. The molecule has 0 bridgehead atoms. The van der Waals surface area contributed by atoms with Crippen molar-refractivity contribution in [2.24, 2.45) is 0 Å². The second-order valence-electron chi connectivity index (χ2n) is 3.57. The number of pyridine rings is 1. The zero-order valence-corrected chi connectivity index (χ0v) is 10.1. The van der Waals surface area contributed by atoms with E-state index in [1.165, 1.54) is 0 Å². The lowest BCUT2D eigenvalue weighted by atomic mass is 10.1. The summed E-state index contributed by atoms with van der Waals surface area (Å²) < 4.78 is 0.997. The SMILES string of the molecule is O=C(O)CCc1cnc2ccc(Br)cc2c1. The van der Waals surface area contributed by atoms with E-state index in [1.54, 1.807) is 6.20 Å². The number of hydrogen-bond acceptors (Lipinski definition) is 2. The van der Waals surface area contributed by atoms with Crippen LogP contribution in [0.1, 0.15) is 12.0 Å². The smallest absolute Gasteiger partial charge is 0.303 e. The molecule has 0 aliphatic carbocycles. The van der Waals surface area contributed by atoms with E-state index in [1.807, 2.05) is 24.3 Å². The highest BCUT2D eigenvalue weighted by molar-refractivity contribution is 9.10. The number of carbonyl (C=O) groups is 1. The highest BCUT2D eigenvalue weighted by Crippen LogP contribution is 2.19. The van der Waals surface area contributed by atoms with E-state index in [0.29, 0.717) is 6.42 Å². The van der Waals surface area contributed by atoms with Gasteiger partial charge in [0.15, 0.2) is 0 Å². The van der Waals surface area contributed by atoms with E-state index in [2.05, 4.69) is 20.9 Å². The number of halogens is 1. The summed E-state index contributed by atoms with van der Waals surface area (Å²) in [7, 11) is 0. The van der Waals surface area contributed by atoms with Gasteiger partial charge in [-0.3, -0.25) is 9.78 Å². The summed E-state index contributed by atoms with van der Waals surface area (Å²) >= 11 is 3.40. The lowest BCUT2D eigenvalue weighted by Gasteiger charge is -2.02. The maximum absolute atomic E-state index is 10.5. The van der Waals surface area contributed by atoms with Crippen LogP contribution in [-0.4, -0.2) is 16.1 Å². The normalized spacial score (nSPS) is 10.6. The molecule has 0 unspecified atom stereocenters. The topological polar surface area (TPSA) is 50.2 Å². The number of rotatable bonds is 3. The van der Waals surface area contributed by atoms with Crippen molar-refractivity contribution < 1.29 is 9.90 Å². The van der Waals surface area contributed by atoms with E-state index in [0.717, 1.165) is 20.9 Å². The first-order chi connectivity index (χ1) is 7.65. The summed E-state index contributed by atoms with van der Waals surface area (Å²) in [6.07, 6.45) is 2.39. The molecule has 0 saturated carbocycles. The second-order valence-corrected chi connectivity index (χ2v) is 4.49. The Morgan fingerprint density at radius 3 is 2.94 bits per heavy atom. The van der Waals surface area contributed by atoms with Crippen molar-refractivity contribution in [2.75, 3.05) is 0 Å². The van der Waals surface area contributed by atoms with Gasteiger partial charge in [-0.2, -0.15) is 0 Å². The number of aryl methyl sites for hydroxylation is 1. The molecule has 0 amide bonds. The molecule has 2 aromatic rings. The number of benzene rings is 1. The molecular weight excluding hydrogens is 270 g/mol. The molecule has 1 aromatic carbocycles. The van der Waals surface area contributed by atoms with Crippen molar-refractivity contribution in [2.45, 2.75) is 12.8 Å². The van der Waals surface area contributed by atoms with E-state index in [-0.39, 0.29) is 6.42 Å². The predicted octanol–water partition coefficient (Wildman–Crippen LogP) is 3.01. The monoisotopic (exact) mass is 279 g/mol. The molecular formula is C12H10BrNO2. The van der Waals surface area contributed by atoms with Crippen LogP contribution in [0.4, 0.5) is 0 Å². The van der Waals surface area contributed by atoms with E-state index >= 15 is 0 Å². The van der Waals surface area contributed by atoms with Crippen LogP contribution in [0.15, 0.2) is 34.9 Å². The van der Waals surface area contributed by atoms with Crippen LogP contribution in [0.5, 0.6) is 0 Å². The summed E-state index contributed by atoms with van der Waals surface area (Å²) in [6, 6.07) is 7.83. The number of carboxylic acids is 1. The van der Waals surface area contributed by atoms with Crippen molar-refractivity contribution in [3.8, 4) is 0 Å². The summed E-state index contributed by atoms with van der Waals surface area (Å²) in [4.78, 5) is 14.7. The molecule has 0 aliphatic heterocycles. The minimum Gasteiger partial charge on any atom is -0.481 e. The summed E-state index contributed by atoms with van der Waals surface area (Å²) in [5, 5.41) is 9.63. The molecule has 16 heavy (non-hydrogen) atoms. The van der Waals surface area contributed by atoms with Gasteiger partial charge >= 0.3 is 5.97 Å². The Hall–Kier alpha value is -1.42. The fraction of sp³-hybridized carbons (Fsp3) is 0.167. The van der Waals surface area contributed by atoms with E-state index in [9.17, 15) is 4.79 Å². The van der Waals surface area contributed by atoms with Gasteiger partial charge in [0.25, 0.3) is 0 Å². The fourth-order valence-corrected chi connectivity index (χ4v) is 1.91. The average Bonchev–Trinajstić information content (AvgIpc) is 2.25. The van der Waals surface area contributed by atoms with Gasteiger partial charge in [-0.1, -0.05) is 15.9 Å². The number of carboxylic acid groups (broad SMARTS) is 1. The Morgan fingerprint density at radius 2 is 2.19 bits per heavy atom. The summed E-state index contributed by atoms with van der Waals surface area (Å²) in [6.45, 7) is 0. The third-order valence-corrected chi connectivity index (χ3v) is 2.82. The number of fused-ring (bicyclic) bond motifs is 1. The maximum atomic E-state index is 10.5. The molecule has 0 atom stereocenters. The molecule has 3 nitrogen and oxygen atoms in total. The Balaban J connectivity index is 2.31. The Kier molecular flexibility index (Phi) is 3.19. The molecule has 0 fully saturated rings. The van der Waals surface area contributed by atoms with Gasteiger partial charge in [0, 0.05) is 22.5 Å². The van der Waals surface area contributed by atoms with Gasteiger partial charge < -0.3 is 5.11 Å². The van der Waals surface area contributed by atoms with Crippen molar-refractivity contribution >= 4 is 32.8 Å². The highest BCUT2D eigenvalue weighted by Gasteiger charge is 2.02. The van der Waals surface area contributed by atoms with Crippen LogP contribution in [0.25, 0.3) is 10.9 Å². The van der Waals surface area contributed by atoms with E-state index < -0.39 is 5.97 Å². The molecule has 82 valence electrons. The Morgan fingerprint density at radius 1 is 1.38 bits per heavy atom. The van der Waals surface area contributed by atoms with Gasteiger partial charge in [0.2, 0.25) is 0 Å². The molecule has 0 spiro atoms. The molecule has 0 radical (unpaired) electrons. The average molecular weight is 280 g/mol. The van der Waals surface area contributed by atoms with Gasteiger partial charge in [-0.25, -0.2) is 0 Å². The molecule has 4 heteroatoms. The molecule has 0 aliphatic rings. The summed E-state index contributed by atoms with van der Waals surface area (Å²) in [5.74, 6) is -0.783. The largest absolute Gasteiger partial charge is 0.481 e. The van der Waals surface area contributed by atoms with Crippen LogP contribution >= 0.6 is 15.9 Å². The van der Waals surface area contributed by atoms with Crippen LogP contribution in [0, 0.1) is 0 Å². The second kappa shape index (κ2) is 4.61. The van der Waals surface area contributed by atoms with Crippen molar-refractivity contribution in [1.82, 2.24) is 4.98 Å². The lowest BCUT2D eigenvalue weighted by molar-refractivity contribution is -0.136. The fourth-order valence-electron chi connectivity index (χ4n) is 1.54. The van der Waals surface area contributed by atoms with E-state index in [4.69, 9.17) is 5.11 Å². The minimum atomic E-state index is -0.783. The van der Waals surface area contributed by atoms with Crippen molar-refractivity contribution in [3.63, 3.8) is 0 Å². The summed E-state index contributed by atoms with van der Waals surface area (Å²) in [5.41, 5.74) is 1.87. The molecule has 2 rings (SSSR count). The molecule has 1 aromatic heterocycles. The first-order valence-corrected chi connectivity index (χ1v) is 5.70. The number of aliphatic carboxylic acids is 1. The zero-order chi connectivity index (χ0) is 11.5. The number of nitrogens with zero attached hydrogens (tertiary/aromatic N) is 1. The quantitative estimate of drug-likeness (QED) is 0.940. The van der Waals surface area contributed by atoms with Gasteiger partial charge in [0.1, 0.15) is 0 Å². The molecule has 0 saturated heterocycles. The highest BCUT2D eigenvalue weighted by atomic mass is 79.9. The van der Waals surface area contributed by atoms with Gasteiger partial charge in [-0.15, -0.1) is 0 Å². The Bertz CT molecular complexity index is 540. The number of aromatic nitrogens is 1. The van der Waals surface area contributed by atoms with Crippen molar-refractivity contribution in [1.29, 1.82) is 0 Å². The van der Waals surface area contributed by atoms with Crippen LogP contribution in [0.3, 0.4) is 0 Å². The molecule has 1 heterocycles. The zero-order valence-electron chi connectivity index (χ0n) is 8.48. The lowest BCUT2D eigenvalue weighted by Crippen LogP contribution is -1.97. The van der Waals surface area contributed by atoms with Crippen molar-refractivity contribution in [3.05, 3.63) is 40.5 Å². The van der Waals surface area contributed by atoms with Crippen LogP contribution in [-0.2, 0) is 11.2 Å². The first kappa shape index (κ1) is 11.1. The first-order valence-electron chi connectivity index (χ1n) is 4.91. The molecule has 1 N–H and O–H groups in total.